The molecule has 0 aliphatic rings. The van der Waals surface area contributed by atoms with Crippen molar-refractivity contribution in [1.82, 2.24) is 5.32 Å². The van der Waals surface area contributed by atoms with Gasteiger partial charge in [0.1, 0.15) is 6.54 Å². The number of hydrogen-bond acceptors (Lipinski definition) is 4. The highest BCUT2D eigenvalue weighted by atomic mass is 19.4. The molecule has 1 aromatic rings. The van der Waals surface area contributed by atoms with E-state index in [9.17, 15) is 22.8 Å². The molecule has 1 atom stereocenters. The van der Waals surface area contributed by atoms with Gasteiger partial charge in [-0.1, -0.05) is 0 Å². The van der Waals surface area contributed by atoms with Crippen LogP contribution < -0.4 is 10.2 Å². The molecule has 1 amide bonds. The Labute approximate surface area is 138 Å². The number of rotatable bonds is 7. The number of nitrogens with zero attached hydrogens (tertiary/aromatic N) is 1. The summed E-state index contributed by atoms with van der Waals surface area (Å²) in [5.74, 6) is -1.77. The minimum Gasteiger partial charge on any atom is -0.449 e. The normalized spacial score (nSPS) is 12.4. The van der Waals surface area contributed by atoms with Crippen molar-refractivity contribution in [2.24, 2.45) is 0 Å². The van der Waals surface area contributed by atoms with Gasteiger partial charge >= 0.3 is 12.1 Å². The average molecular weight is 346 g/mol. The van der Waals surface area contributed by atoms with Crippen molar-refractivity contribution in [3.63, 3.8) is 0 Å². The first-order valence-corrected chi connectivity index (χ1v) is 7.58. The third-order valence-electron chi connectivity index (χ3n) is 3.35. The van der Waals surface area contributed by atoms with Crippen LogP contribution in [-0.4, -0.2) is 43.8 Å². The van der Waals surface area contributed by atoms with Crippen molar-refractivity contribution < 1.29 is 27.5 Å². The molecular formula is C16H21F3N2O3. The van der Waals surface area contributed by atoms with Crippen LogP contribution in [0.1, 0.15) is 31.1 Å². The quantitative estimate of drug-likeness (QED) is 0.772. The SMILES string of the molecule is CCN(CC)c1ccc(C(=O)OC(C)C(=O)NCC(F)(F)F)cc1. The van der Waals surface area contributed by atoms with Gasteiger partial charge in [-0.3, -0.25) is 4.79 Å². The average Bonchev–Trinajstić information content (AvgIpc) is 2.53. The lowest BCUT2D eigenvalue weighted by Gasteiger charge is -2.21. The van der Waals surface area contributed by atoms with Crippen molar-refractivity contribution in [2.75, 3.05) is 24.5 Å². The van der Waals surface area contributed by atoms with Crippen molar-refractivity contribution in [3.8, 4) is 0 Å². The molecule has 0 spiro atoms. The van der Waals surface area contributed by atoms with Crippen LogP contribution in [0.5, 0.6) is 0 Å². The number of hydrogen-bond donors (Lipinski definition) is 1. The smallest absolute Gasteiger partial charge is 0.405 e. The van der Waals surface area contributed by atoms with Gasteiger partial charge in [-0.15, -0.1) is 0 Å². The number of carbonyl (C=O) groups is 2. The van der Waals surface area contributed by atoms with Gasteiger partial charge in [0.05, 0.1) is 5.56 Å². The summed E-state index contributed by atoms with van der Waals surface area (Å²) in [5, 5.41) is 1.67. The summed E-state index contributed by atoms with van der Waals surface area (Å²) in [6.45, 7) is 5.40. The number of halogens is 3. The predicted molar refractivity (Wildman–Crippen MR) is 83.9 cm³/mol. The third-order valence-corrected chi connectivity index (χ3v) is 3.35. The summed E-state index contributed by atoms with van der Waals surface area (Å²) in [6, 6.07) is 6.60. The van der Waals surface area contributed by atoms with Gasteiger partial charge in [-0.2, -0.15) is 13.2 Å². The van der Waals surface area contributed by atoms with E-state index >= 15 is 0 Å². The number of nitrogens with one attached hydrogen (secondary N) is 1. The van der Waals surface area contributed by atoms with Crippen molar-refractivity contribution in [1.29, 1.82) is 0 Å². The first-order valence-electron chi connectivity index (χ1n) is 7.58. The van der Waals surface area contributed by atoms with Crippen molar-refractivity contribution in [2.45, 2.75) is 33.1 Å². The highest BCUT2D eigenvalue weighted by Gasteiger charge is 2.29. The fourth-order valence-electron chi connectivity index (χ4n) is 2.01. The Hall–Kier alpha value is -2.25. The van der Waals surface area contributed by atoms with E-state index in [4.69, 9.17) is 4.74 Å². The molecule has 0 saturated carbocycles. The van der Waals surface area contributed by atoms with E-state index in [1.54, 1.807) is 29.6 Å². The van der Waals surface area contributed by atoms with Crippen LogP contribution in [0.25, 0.3) is 0 Å². The molecule has 0 fully saturated rings. The van der Waals surface area contributed by atoms with Crippen LogP contribution in [0.2, 0.25) is 0 Å². The van der Waals surface area contributed by atoms with E-state index in [1.165, 1.54) is 6.92 Å². The second-order valence-electron chi connectivity index (χ2n) is 5.10. The molecule has 1 unspecified atom stereocenters. The molecule has 0 aliphatic heterocycles. The topological polar surface area (TPSA) is 58.6 Å². The number of esters is 1. The maximum Gasteiger partial charge on any atom is 0.405 e. The molecule has 0 aliphatic carbocycles. The van der Waals surface area contributed by atoms with E-state index < -0.39 is 30.7 Å². The zero-order valence-corrected chi connectivity index (χ0v) is 13.8. The van der Waals surface area contributed by atoms with Crippen molar-refractivity contribution in [3.05, 3.63) is 29.8 Å². The largest absolute Gasteiger partial charge is 0.449 e. The molecule has 0 bridgehead atoms. The summed E-state index contributed by atoms with van der Waals surface area (Å²) in [5.41, 5.74) is 1.16. The maximum absolute atomic E-state index is 12.0. The summed E-state index contributed by atoms with van der Waals surface area (Å²) in [4.78, 5) is 25.5. The van der Waals surface area contributed by atoms with E-state index in [0.29, 0.717) is 0 Å². The van der Waals surface area contributed by atoms with Gasteiger partial charge in [-0.05, 0) is 45.0 Å². The molecule has 0 saturated heterocycles. The Balaban J connectivity index is 2.62. The molecule has 0 heterocycles. The lowest BCUT2D eigenvalue weighted by molar-refractivity contribution is -0.143. The molecule has 1 rings (SSSR count). The summed E-state index contributed by atoms with van der Waals surface area (Å²) < 4.78 is 41.0. The molecule has 1 N–H and O–H groups in total. The molecule has 134 valence electrons. The first kappa shape index (κ1) is 19.8. The number of benzene rings is 1. The molecular weight excluding hydrogens is 325 g/mol. The predicted octanol–water partition coefficient (Wildman–Crippen LogP) is 2.76. The third kappa shape index (κ3) is 6.10. The Morgan fingerprint density at radius 3 is 2.17 bits per heavy atom. The lowest BCUT2D eigenvalue weighted by atomic mass is 10.2. The lowest BCUT2D eigenvalue weighted by Crippen LogP contribution is -2.40. The standard InChI is InChI=1S/C16H21F3N2O3/c1-4-21(5-2)13-8-6-12(7-9-13)15(23)24-11(3)14(22)20-10-16(17,18)19/h6-9,11H,4-5,10H2,1-3H3,(H,20,22). The summed E-state index contributed by atoms with van der Waals surface area (Å²) in [6.07, 6.45) is -5.83. The van der Waals surface area contributed by atoms with E-state index in [0.717, 1.165) is 18.8 Å². The fraction of sp³-hybridized carbons (Fsp3) is 0.500. The monoisotopic (exact) mass is 346 g/mol. The number of anilines is 1. The molecule has 1 aromatic carbocycles. The second-order valence-corrected chi connectivity index (χ2v) is 5.10. The molecule has 5 nitrogen and oxygen atoms in total. The number of carbonyl (C=O) groups excluding carboxylic acids is 2. The van der Waals surface area contributed by atoms with Gasteiger partial charge in [-0.25, -0.2) is 4.79 Å². The van der Waals surface area contributed by atoms with E-state index in [2.05, 4.69) is 4.90 Å². The highest BCUT2D eigenvalue weighted by molar-refractivity contribution is 5.92. The fourth-order valence-corrected chi connectivity index (χ4v) is 2.01. The Bertz CT molecular complexity index is 555. The second kappa shape index (κ2) is 8.56. The van der Waals surface area contributed by atoms with Gasteiger partial charge in [0.15, 0.2) is 6.10 Å². The minimum absolute atomic E-state index is 0.223. The van der Waals surface area contributed by atoms with E-state index in [1.807, 2.05) is 13.8 Å². The number of ether oxygens (including phenoxy) is 1. The Morgan fingerprint density at radius 2 is 1.71 bits per heavy atom. The van der Waals surface area contributed by atoms with Crippen LogP contribution in [0, 0.1) is 0 Å². The van der Waals surface area contributed by atoms with Gasteiger partial charge < -0.3 is 15.0 Å². The van der Waals surface area contributed by atoms with Crippen LogP contribution in [0.4, 0.5) is 18.9 Å². The van der Waals surface area contributed by atoms with Crippen molar-refractivity contribution >= 4 is 17.6 Å². The zero-order valence-electron chi connectivity index (χ0n) is 13.8. The Morgan fingerprint density at radius 1 is 1.17 bits per heavy atom. The van der Waals surface area contributed by atoms with Gasteiger partial charge in [0.25, 0.3) is 5.91 Å². The highest BCUT2D eigenvalue weighted by Crippen LogP contribution is 2.16. The maximum atomic E-state index is 12.0. The molecule has 0 radical (unpaired) electrons. The van der Waals surface area contributed by atoms with Gasteiger partial charge in [0.2, 0.25) is 0 Å². The van der Waals surface area contributed by atoms with E-state index in [-0.39, 0.29) is 5.56 Å². The zero-order chi connectivity index (χ0) is 18.3. The number of alkyl halides is 3. The summed E-state index contributed by atoms with van der Waals surface area (Å²) in [7, 11) is 0. The van der Waals surface area contributed by atoms with Crippen LogP contribution in [0.3, 0.4) is 0 Å². The molecule has 0 aromatic heterocycles. The van der Waals surface area contributed by atoms with Crippen LogP contribution in [-0.2, 0) is 9.53 Å². The Kier molecular flexibility index (Phi) is 7.06. The van der Waals surface area contributed by atoms with Gasteiger partial charge in [0, 0.05) is 18.8 Å². The molecule has 8 heteroatoms. The number of amides is 1. The molecule has 24 heavy (non-hydrogen) atoms. The summed E-state index contributed by atoms with van der Waals surface area (Å²) >= 11 is 0. The first-order chi connectivity index (χ1) is 11.2. The van der Waals surface area contributed by atoms with Crippen LogP contribution >= 0.6 is 0 Å². The minimum atomic E-state index is -4.51. The van der Waals surface area contributed by atoms with Crippen LogP contribution in [0.15, 0.2) is 24.3 Å².